The highest BCUT2D eigenvalue weighted by Gasteiger charge is 2.19. The largest absolute Gasteiger partial charge is 0.492 e. The number of ether oxygens (including phenoxy) is 1. The Balaban J connectivity index is 1.26. The number of piperazine rings is 1. The summed E-state index contributed by atoms with van der Waals surface area (Å²) in [5, 5.41) is 11.9. The SMILES string of the molecule is Cc1ccc2c(OCCN3CCN(Cc4ccc(F)c([N+](=O)[O-])c4)CC3)cccc2n1. The molecular weight excluding hydrogens is 399 g/mol. The molecule has 0 radical (unpaired) electrons. The normalized spacial score (nSPS) is 15.3. The molecule has 7 nitrogen and oxygen atoms in total. The van der Waals surface area contributed by atoms with Crippen LogP contribution in [0, 0.1) is 22.9 Å². The number of hydrogen-bond acceptors (Lipinski definition) is 6. The number of halogens is 1. The number of benzene rings is 2. The molecule has 0 bridgehead atoms. The topological polar surface area (TPSA) is 71.7 Å². The van der Waals surface area contributed by atoms with Crippen molar-refractivity contribution < 1.29 is 14.1 Å². The van der Waals surface area contributed by atoms with Gasteiger partial charge in [-0.25, -0.2) is 0 Å². The van der Waals surface area contributed by atoms with Gasteiger partial charge >= 0.3 is 5.69 Å². The smallest absolute Gasteiger partial charge is 0.305 e. The zero-order valence-corrected chi connectivity index (χ0v) is 17.5. The van der Waals surface area contributed by atoms with Crippen LogP contribution in [0.1, 0.15) is 11.3 Å². The maximum atomic E-state index is 13.5. The van der Waals surface area contributed by atoms with Crippen LogP contribution in [0.2, 0.25) is 0 Å². The molecule has 3 aromatic rings. The number of aromatic nitrogens is 1. The molecule has 8 heteroatoms. The van der Waals surface area contributed by atoms with Crippen molar-refractivity contribution in [2.45, 2.75) is 13.5 Å². The fourth-order valence-corrected chi connectivity index (χ4v) is 3.86. The van der Waals surface area contributed by atoms with Gasteiger partial charge in [0.1, 0.15) is 12.4 Å². The lowest BCUT2D eigenvalue weighted by molar-refractivity contribution is -0.387. The van der Waals surface area contributed by atoms with E-state index in [1.165, 1.54) is 12.1 Å². The number of aryl methyl sites for hydroxylation is 1. The second-order valence-corrected chi connectivity index (χ2v) is 7.78. The fraction of sp³-hybridized carbons (Fsp3) is 0.348. The highest BCUT2D eigenvalue weighted by atomic mass is 19.1. The standard InChI is InChI=1S/C23H25FN4O3/c1-17-5-7-19-21(25-17)3-2-4-23(19)31-14-13-26-9-11-27(12-10-26)16-18-6-8-20(24)22(15-18)28(29)30/h2-8,15H,9-14,16H2,1H3. The molecule has 0 saturated carbocycles. The van der Waals surface area contributed by atoms with Crippen molar-refractivity contribution in [1.29, 1.82) is 0 Å². The van der Waals surface area contributed by atoms with Gasteiger partial charge in [-0.2, -0.15) is 4.39 Å². The van der Waals surface area contributed by atoms with Crippen LogP contribution in [0.15, 0.2) is 48.5 Å². The van der Waals surface area contributed by atoms with Gasteiger partial charge in [0.2, 0.25) is 5.82 Å². The first-order valence-electron chi connectivity index (χ1n) is 10.4. The monoisotopic (exact) mass is 424 g/mol. The summed E-state index contributed by atoms with van der Waals surface area (Å²) in [5.74, 6) is 0.0530. The molecule has 4 rings (SSSR count). The predicted molar refractivity (Wildman–Crippen MR) is 117 cm³/mol. The van der Waals surface area contributed by atoms with E-state index in [4.69, 9.17) is 4.74 Å². The summed E-state index contributed by atoms with van der Waals surface area (Å²) in [6.45, 7) is 7.46. The van der Waals surface area contributed by atoms with Crippen LogP contribution in [0.5, 0.6) is 5.75 Å². The van der Waals surface area contributed by atoms with Gasteiger partial charge in [-0.3, -0.25) is 24.9 Å². The predicted octanol–water partition coefficient (Wildman–Crippen LogP) is 3.79. The lowest BCUT2D eigenvalue weighted by Crippen LogP contribution is -2.47. The molecule has 2 heterocycles. The van der Waals surface area contributed by atoms with Gasteiger partial charge < -0.3 is 4.74 Å². The Kier molecular flexibility index (Phi) is 6.39. The van der Waals surface area contributed by atoms with Crippen molar-refractivity contribution in [3.8, 4) is 5.75 Å². The van der Waals surface area contributed by atoms with Crippen molar-refractivity contribution in [2.75, 3.05) is 39.3 Å². The van der Waals surface area contributed by atoms with E-state index >= 15 is 0 Å². The number of nitro groups is 1. The van der Waals surface area contributed by atoms with E-state index in [0.29, 0.717) is 13.2 Å². The molecule has 0 unspecified atom stereocenters. The first-order chi connectivity index (χ1) is 15.0. The zero-order valence-electron chi connectivity index (χ0n) is 17.5. The van der Waals surface area contributed by atoms with Gasteiger partial charge in [-0.05, 0) is 42.8 Å². The molecular formula is C23H25FN4O3. The minimum absolute atomic E-state index is 0.466. The quantitative estimate of drug-likeness (QED) is 0.425. The number of nitro benzene ring substituents is 1. The van der Waals surface area contributed by atoms with Crippen LogP contribution in [0.3, 0.4) is 0 Å². The van der Waals surface area contributed by atoms with E-state index in [1.54, 1.807) is 6.07 Å². The maximum absolute atomic E-state index is 13.5. The van der Waals surface area contributed by atoms with Gasteiger partial charge in [0.05, 0.1) is 10.4 Å². The van der Waals surface area contributed by atoms with Crippen molar-refractivity contribution in [3.63, 3.8) is 0 Å². The van der Waals surface area contributed by atoms with Crippen LogP contribution >= 0.6 is 0 Å². The fourth-order valence-electron chi connectivity index (χ4n) is 3.86. The zero-order chi connectivity index (χ0) is 21.8. The lowest BCUT2D eigenvalue weighted by atomic mass is 10.1. The van der Waals surface area contributed by atoms with Crippen molar-refractivity contribution in [2.24, 2.45) is 0 Å². The Morgan fingerprint density at radius 1 is 1.10 bits per heavy atom. The number of hydrogen-bond donors (Lipinski definition) is 0. The molecule has 1 aromatic heterocycles. The average Bonchev–Trinajstić information content (AvgIpc) is 2.76. The molecule has 0 amide bonds. The Morgan fingerprint density at radius 3 is 2.65 bits per heavy atom. The number of pyridine rings is 1. The molecule has 0 spiro atoms. The van der Waals surface area contributed by atoms with E-state index in [-0.39, 0.29) is 0 Å². The van der Waals surface area contributed by atoms with Gasteiger partial charge in [-0.1, -0.05) is 12.1 Å². The summed E-state index contributed by atoms with van der Waals surface area (Å²) in [6, 6.07) is 14.1. The molecule has 162 valence electrons. The highest BCUT2D eigenvalue weighted by Crippen LogP contribution is 2.24. The maximum Gasteiger partial charge on any atom is 0.305 e. The van der Waals surface area contributed by atoms with E-state index in [0.717, 1.165) is 60.6 Å². The third kappa shape index (κ3) is 5.15. The van der Waals surface area contributed by atoms with Crippen molar-refractivity contribution in [1.82, 2.24) is 14.8 Å². The molecule has 0 N–H and O–H groups in total. The summed E-state index contributed by atoms with van der Waals surface area (Å²) >= 11 is 0. The van der Waals surface area contributed by atoms with E-state index in [9.17, 15) is 14.5 Å². The van der Waals surface area contributed by atoms with Crippen LogP contribution in [0.4, 0.5) is 10.1 Å². The Bertz CT molecular complexity index is 1080. The minimum Gasteiger partial charge on any atom is -0.492 e. The van der Waals surface area contributed by atoms with Crippen molar-refractivity contribution in [3.05, 3.63) is 75.7 Å². The molecule has 1 aliphatic rings. The molecule has 0 atom stereocenters. The number of nitrogens with zero attached hydrogens (tertiary/aromatic N) is 4. The van der Waals surface area contributed by atoms with Gasteiger partial charge in [0.25, 0.3) is 0 Å². The van der Waals surface area contributed by atoms with E-state index in [1.807, 2.05) is 37.3 Å². The summed E-state index contributed by atoms with van der Waals surface area (Å²) < 4.78 is 19.6. The minimum atomic E-state index is -0.796. The highest BCUT2D eigenvalue weighted by molar-refractivity contribution is 5.85. The first kappa shape index (κ1) is 21.1. The van der Waals surface area contributed by atoms with Crippen LogP contribution in [0.25, 0.3) is 10.9 Å². The summed E-state index contributed by atoms with van der Waals surface area (Å²) in [6.07, 6.45) is 0. The molecule has 2 aromatic carbocycles. The summed E-state index contributed by atoms with van der Waals surface area (Å²) in [7, 11) is 0. The van der Waals surface area contributed by atoms with Crippen LogP contribution in [-0.2, 0) is 6.54 Å². The summed E-state index contributed by atoms with van der Waals surface area (Å²) in [5.41, 5.74) is 2.21. The van der Waals surface area contributed by atoms with Crippen LogP contribution in [-0.4, -0.2) is 59.0 Å². The molecule has 31 heavy (non-hydrogen) atoms. The van der Waals surface area contributed by atoms with Crippen molar-refractivity contribution >= 4 is 16.6 Å². The third-order valence-corrected chi connectivity index (χ3v) is 5.57. The second kappa shape index (κ2) is 9.36. The Labute approximate surface area is 180 Å². The molecule has 0 aliphatic carbocycles. The Hall–Kier alpha value is -3.10. The van der Waals surface area contributed by atoms with E-state index < -0.39 is 16.4 Å². The average molecular weight is 424 g/mol. The first-order valence-corrected chi connectivity index (χ1v) is 10.4. The van der Waals surface area contributed by atoms with Gasteiger partial charge in [-0.15, -0.1) is 0 Å². The molecule has 1 saturated heterocycles. The summed E-state index contributed by atoms with van der Waals surface area (Å²) in [4.78, 5) is 19.4. The molecule has 1 fully saturated rings. The molecule has 1 aliphatic heterocycles. The lowest BCUT2D eigenvalue weighted by Gasteiger charge is -2.34. The van der Waals surface area contributed by atoms with Gasteiger partial charge in [0.15, 0.2) is 0 Å². The number of rotatable bonds is 7. The third-order valence-electron chi connectivity index (χ3n) is 5.57. The second-order valence-electron chi connectivity index (χ2n) is 7.78. The van der Waals surface area contributed by atoms with Gasteiger partial charge in [0, 0.05) is 56.4 Å². The number of fused-ring (bicyclic) bond motifs is 1. The van der Waals surface area contributed by atoms with Crippen LogP contribution < -0.4 is 4.74 Å². The Morgan fingerprint density at radius 2 is 1.87 bits per heavy atom. The van der Waals surface area contributed by atoms with E-state index in [2.05, 4.69) is 14.8 Å².